The normalized spacial score (nSPS) is 13.8. The van der Waals surface area contributed by atoms with E-state index in [0.717, 1.165) is 4.90 Å². The molecule has 9 heteroatoms. The second kappa shape index (κ2) is 8.87. The third kappa shape index (κ3) is 4.35. The van der Waals surface area contributed by atoms with Crippen molar-refractivity contribution in [2.75, 3.05) is 16.7 Å². The van der Waals surface area contributed by atoms with Crippen molar-refractivity contribution >= 4 is 39.0 Å². The highest BCUT2D eigenvalue weighted by Crippen LogP contribution is 2.35. The van der Waals surface area contributed by atoms with Gasteiger partial charge >= 0.3 is 0 Å². The topological polar surface area (TPSA) is 110 Å². The predicted octanol–water partition coefficient (Wildman–Crippen LogP) is 3.38. The minimum Gasteiger partial charge on any atom is -0.495 e. The number of ether oxygens (including phenoxy) is 1. The lowest BCUT2D eigenvalue weighted by atomic mass is 10.0. The van der Waals surface area contributed by atoms with Crippen molar-refractivity contribution in [3.05, 3.63) is 83.9 Å². The van der Waals surface area contributed by atoms with Crippen LogP contribution in [0.25, 0.3) is 0 Å². The zero-order valence-corrected chi connectivity index (χ0v) is 18.5. The van der Waals surface area contributed by atoms with Gasteiger partial charge in [-0.2, -0.15) is 0 Å². The van der Waals surface area contributed by atoms with Crippen LogP contribution < -0.4 is 14.4 Å². The molecule has 0 bridgehead atoms. The van der Waals surface area contributed by atoms with Gasteiger partial charge in [0, 0.05) is 24.0 Å². The van der Waals surface area contributed by atoms with Crippen LogP contribution in [0.15, 0.2) is 77.7 Å². The molecule has 3 aromatic carbocycles. The lowest BCUT2D eigenvalue weighted by molar-refractivity contribution is -0.121. The minimum atomic E-state index is -4.17. The molecule has 1 aliphatic heterocycles. The molecule has 3 aromatic rings. The number of nitrogens with zero attached hydrogens (tertiary/aromatic N) is 1. The van der Waals surface area contributed by atoms with Gasteiger partial charge in [0.25, 0.3) is 10.0 Å². The van der Waals surface area contributed by atoms with E-state index in [2.05, 4.69) is 4.72 Å². The standard InChI is InChI=1S/C24H20N2O6S/c1-32-21-12-11-17(15-20(21)26-22(27)13-14-23(26)28)33(30,31)25-19-10-6-5-9-18(19)24(29)16-7-3-2-4-8-16/h2-12,15,25H,13-14H2,1H3. The highest BCUT2D eigenvalue weighted by Gasteiger charge is 2.33. The summed E-state index contributed by atoms with van der Waals surface area (Å²) in [6.07, 6.45) is 0.0956. The Kier molecular flexibility index (Phi) is 5.97. The maximum atomic E-state index is 13.2. The lowest BCUT2D eigenvalue weighted by Gasteiger charge is -2.19. The van der Waals surface area contributed by atoms with Gasteiger partial charge in [0.15, 0.2) is 5.78 Å². The van der Waals surface area contributed by atoms with E-state index in [4.69, 9.17) is 4.74 Å². The number of methoxy groups -OCH3 is 1. The molecule has 8 nitrogen and oxygen atoms in total. The average molecular weight is 464 g/mol. The Morgan fingerprint density at radius 2 is 1.55 bits per heavy atom. The van der Waals surface area contributed by atoms with Crippen molar-refractivity contribution < 1.29 is 27.5 Å². The van der Waals surface area contributed by atoms with Crippen molar-refractivity contribution in [1.82, 2.24) is 0 Å². The predicted molar refractivity (Wildman–Crippen MR) is 122 cm³/mol. The number of nitrogens with one attached hydrogen (secondary N) is 1. The second-order valence-corrected chi connectivity index (χ2v) is 8.99. The van der Waals surface area contributed by atoms with Gasteiger partial charge in [-0.1, -0.05) is 42.5 Å². The molecule has 0 spiro atoms. The monoisotopic (exact) mass is 464 g/mol. The highest BCUT2D eigenvalue weighted by atomic mass is 32.2. The van der Waals surface area contributed by atoms with Gasteiger partial charge in [0.1, 0.15) is 5.75 Å². The molecule has 168 valence electrons. The van der Waals surface area contributed by atoms with E-state index in [1.54, 1.807) is 42.5 Å². The molecular formula is C24H20N2O6S. The van der Waals surface area contributed by atoms with Crippen LogP contribution in [0.3, 0.4) is 0 Å². The summed E-state index contributed by atoms with van der Waals surface area (Å²) in [5.74, 6) is -1.01. The van der Waals surface area contributed by atoms with E-state index >= 15 is 0 Å². The second-order valence-electron chi connectivity index (χ2n) is 7.30. The number of amides is 2. The summed E-state index contributed by atoms with van der Waals surface area (Å²) in [5.41, 5.74) is 0.770. The van der Waals surface area contributed by atoms with E-state index < -0.39 is 21.8 Å². The van der Waals surface area contributed by atoms with Crippen molar-refractivity contribution in [3.8, 4) is 5.75 Å². The molecule has 0 radical (unpaired) electrons. The number of hydrogen-bond acceptors (Lipinski definition) is 6. The first-order valence-electron chi connectivity index (χ1n) is 10.1. The van der Waals surface area contributed by atoms with Crippen LogP contribution in [0.2, 0.25) is 0 Å². The number of sulfonamides is 1. The van der Waals surface area contributed by atoms with E-state index in [0.29, 0.717) is 5.56 Å². The molecule has 1 saturated heterocycles. The third-order valence-corrected chi connectivity index (χ3v) is 6.57. The molecule has 0 saturated carbocycles. The number of imide groups is 1. The molecule has 2 amide bonds. The number of para-hydroxylation sites is 1. The summed E-state index contributed by atoms with van der Waals surface area (Å²) >= 11 is 0. The minimum absolute atomic E-state index is 0.0478. The molecule has 1 fully saturated rings. The molecule has 1 N–H and O–H groups in total. The van der Waals surface area contributed by atoms with Crippen LogP contribution in [0.1, 0.15) is 28.8 Å². The zero-order chi connectivity index (χ0) is 23.6. The number of rotatable bonds is 7. The molecule has 0 atom stereocenters. The van der Waals surface area contributed by atoms with Gasteiger partial charge < -0.3 is 4.74 Å². The Morgan fingerprint density at radius 1 is 0.909 bits per heavy atom. The third-order valence-electron chi connectivity index (χ3n) is 5.21. The van der Waals surface area contributed by atoms with Crippen LogP contribution in [-0.4, -0.2) is 33.1 Å². The van der Waals surface area contributed by atoms with Crippen molar-refractivity contribution in [2.24, 2.45) is 0 Å². The van der Waals surface area contributed by atoms with E-state index in [1.807, 2.05) is 0 Å². The summed E-state index contributed by atoms with van der Waals surface area (Å²) in [7, 11) is -2.81. The van der Waals surface area contributed by atoms with Crippen LogP contribution in [0.5, 0.6) is 5.75 Å². The van der Waals surface area contributed by atoms with Crippen LogP contribution in [0, 0.1) is 0 Å². The number of ketones is 1. The summed E-state index contributed by atoms with van der Waals surface area (Å²) in [6.45, 7) is 0. The summed E-state index contributed by atoms with van der Waals surface area (Å²) in [5, 5.41) is 0. The molecule has 0 aromatic heterocycles. The molecule has 0 aliphatic carbocycles. The highest BCUT2D eigenvalue weighted by molar-refractivity contribution is 7.92. The van der Waals surface area contributed by atoms with Gasteiger partial charge in [0.05, 0.1) is 23.4 Å². The fraction of sp³-hybridized carbons (Fsp3) is 0.125. The van der Waals surface area contributed by atoms with Crippen molar-refractivity contribution in [2.45, 2.75) is 17.7 Å². The maximum absolute atomic E-state index is 13.2. The average Bonchev–Trinajstić information content (AvgIpc) is 3.16. The Morgan fingerprint density at radius 3 is 2.21 bits per heavy atom. The number of benzene rings is 3. The molecule has 1 aliphatic rings. The summed E-state index contributed by atoms with van der Waals surface area (Å²) in [4.78, 5) is 38.1. The van der Waals surface area contributed by atoms with Gasteiger partial charge in [-0.3, -0.25) is 19.1 Å². The van der Waals surface area contributed by atoms with E-state index in [9.17, 15) is 22.8 Å². The zero-order valence-electron chi connectivity index (χ0n) is 17.6. The molecule has 4 rings (SSSR count). The first kappa shape index (κ1) is 22.2. The first-order valence-corrected chi connectivity index (χ1v) is 11.6. The van der Waals surface area contributed by atoms with E-state index in [1.165, 1.54) is 37.4 Å². The number of anilines is 2. The van der Waals surface area contributed by atoms with Crippen LogP contribution >= 0.6 is 0 Å². The summed E-state index contributed by atoms with van der Waals surface area (Å²) < 4.78 is 34.1. The van der Waals surface area contributed by atoms with Gasteiger partial charge in [-0.25, -0.2) is 13.3 Å². The fourth-order valence-corrected chi connectivity index (χ4v) is 4.68. The number of hydrogen-bond donors (Lipinski definition) is 1. The summed E-state index contributed by atoms with van der Waals surface area (Å²) in [6, 6.07) is 18.7. The molecular weight excluding hydrogens is 444 g/mol. The quantitative estimate of drug-likeness (QED) is 0.424. The number of carbonyl (C=O) groups excluding carboxylic acids is 3. The Bertz CT molecular complexity index is 1340. The molecule has 33 heavy (non-hydrogen) atoms. The van der Waals surface area contributed by atoms with Crippen LogP contribution in [-0.2, 0) is 19.6 Å². The number of carbonyl (C=O) groups is 3. The first-order chi connectivity index (χ1) is 15.8. The Hall–Kier alpha value is -3.98. The Balaban J connectivity index is 1.71. The van der Waals surface area contributed by atoms with Gasteiger partial charge in [0.2, 0.25) is 11.8 Å². The van der Waals surface area contributed by atoms with Crippen LogP contribution in [0.4, 0.5) is 11.4 Å². The van der Waals surface area contributed by atoms with Crippen molar-refractivity contribution in [1.29, 1.82) is 0 Å². The Labute approximate surface area is 190 Å². The molecule has 0 unspecified atom stereocenters. The smallest absolute Gasteiger partial charge is 0.261 e. The maximum Gasteiger partial charge on any atom is 0.261 e. The lowest BCUT2D eigenvalue weighted by Crippen LogP contribution is -2.29. The van der Waals surface area contributed by atoms with Crippen molar-refractivity contribution in [3.63, 3.8) is 0 Å². The van der Waals surface area contributed by atoms with Gasteiger partial charge in [-0.15, -0.1) is 0 Å². The van der Waals surface area contributed by atoms with Gasteiger partial charge in [-0.05, 0) is 30.3 Å². The largest absolute Gasteiger partial charge is 0.495 e. The SMILES string of the molecule is COc1ccc(S(=O)(=O)Nc2ccccc2C(=O)c2ccccc2)cc1N1C(=O)CCC1=O. The van der Waals surface area contributed by atoms with E-state index in [-0.39, 0.29) is 46.2 Å². The fourth-order valence-electron chi connectivity index (χ4n) is 3.58. The molecule has 1 heterocycles.